The molecule has 1 N–H and O–H groups in total. The van der Waals surface area contributed by atoms with Crippen molar-refractivity contribution in [3.63, 3.8) is 0 Å². The molecule has 1 atom stereocenters. The molecular weight excluding hydrogens is 522 g/mol. The first kappa shape index (κ1) is 28.0. The number of ketones is 1. The number of Topliss-reactive ketones (excluding diaryl/α,β-unsaturated/α-hetero) is 1. The number of carbonyl (C=O) groups is 1. The summed E-state index contributed by atoms with van der Waals surface area (Å²) < 4.78 is 0.448. The average molecular weight is 563 g/mol. The number of guanidine groups is 2. The molecule has 0 saturated heterocycles. The summed E-state index contributed by atoms with van der Waals surface area (Å²) in [4.78, 5) is 29.8. The molecule has 6 rings (SSSR count). The van der Waals surface area contributed by atoms with E-state index in [0.29, 0.717) is 29.3 Å². The number of hydrogen-bond donors (Lipinski definition) is 1. The summed E-state index contributed by atoms with van der Waals surface area (Å²) in [5.74, 6) is 1.57. The highest BCUT2D eigenvalue weighted by molar-refractivity contribution is 6.03. The van der Waals surface area contributed by atoms with Gasteiger partial charge in [-0.3, -0.25) is 14.6 Å². The van der Waals surface area contributed by atoms with Gasteiger partial charge in [0.15, 0.2) is 5.78 Å². The highest BCUT2D eigenvalue weighted by Crippen LogP contribution is 2.30. The van der Waals surface area contributed by atoms with Gasteiger partial charge in [-0.1, -0.05) is 91.0 Å². The van der Waals surface area contributed by atoms with Crippen LogP contribution in [-0.2, 0) is 24.4 Å². The van der Waals surface area contributed by atoms with Gasteiger partial charge in [0.1, 0.15) is 18.8 Å². The Kier molecular flexibility index (Phi) is 8.28. The Labute approximate surface area is 248 Å². The number of hydrogen-bond acceptors (Lipinski definition) is 7. The number of fused-ring (bicyclic) bond motifs is 1. The number of quaternary nitrogens is 1. The Hall–Kier alpha value is -4.11. The number of aliphatic imine (C=N–C) groups is 2. The molecule has 216 valence electrons. The van der Waals surface area contributed by atoms with Gasteiger partial charge in [-0.15, -0.1) is 4.99 Å². The van der Waals surface area contributed by atoms with E-state index in [2.05, 4.69) is 100 Å². The summed E-state index contributed by atoms with van der Waals surface area (Å²) in [6, 6.07) is 31.7. The molecule has 0 spiro atoms. The largest absolute Gasteiger partial charge is 0.358 e. The van der Waals surface area contributed by atoms with Crippen LogP contribution in [0.25, 0.3) is 0 Å². The summed E-state index contributed by atoms with van der Waals surface area (Å²) in [5.41, 5.74) is 9.24. The highest BCUT2D eigenvalue weighted by atomic mass is 16.1. The monoisotopic (exact) mass is 562 g/mol. The Morgan fingerprint density at radius 2 is 1.40 bits per heavy atom. The van der Waals surface area contributed by atoms with Gasteiger partial charge in [-0.05, 0) is 16.7 Å². The number of benzene rings is 3. The molecule has 0 aliphatic carbocycles. The van der Waals surface area contributed by atoms with Crippen molar-refractivity contribution in [2.45, 2.75) is 26.1 Å². The van der Waals surface area contributed by atoms with Crippen LogP contribution < -0.4 is 5.43 Å². The fourth-order valence-corrected chi connectivity index (χ4v) is 6.11. The Bertz CT molecular complexity index is 1440. The van der Waals surface area contributed by atoms with Crippen LogP contribution in [0.15, 0.2) is 112 Å². The summed E-state index contributed by atoms with van der Waals surface area (Å²) in [7, 11) is 3.98. The molecule has 8 heteroatoms. The minimum atomic E-state index is 0.0860. The molecule has 3 aliphatic rings. The maximum absolute atomic E-state index is 13.3. The van der Waals surface area contributed by atoms with Crippen LogP contribution in [0, 0.1) is 0 Å². The lowest BCUT2D eigenvalue weighted by Gasteiger charge is -2.39. The Balaban J connectivity index is 1.19. The standard InChI is InChI=1S/C34H40N7O/c1-38(2)33-36-34-35-32-30(24-40(25-31(32)42)23-29-17-10-5-11-18-29)26-41(34,37-33)20-12-19-39(21-27-13-6-3-7-14-27)22-28-15-8-4-9-16-28/h3-11,13-18H,12,19-26H2,1-2H3,(H,35,36,37)/q+1. The highest BCUT2D eigenvalue weighted by Gasteiger charge is 2.48. The van der Waals surface area contributed by atoms with Gasteiger partial charge in [0, 0.05) is 58.8 Å². The van der Waals surface area contributed by atoms with Crippen LogP contribution >= 0.6 is 0 Å². The van der Waals surface area contributed by atoms with E-state index in [0.717, 1.165) is 57.2 Å². The number of nitrogens with zero attached hydrogens (tertiary/aromatic N) is 6. The van der Waals surface area contributed by atoms with E-state index < -0.39 is 0 Å². The van der Waals surface area contributed by atoms with Crippen molar-refractivity contribution in [3.8, 4) is 0 Å². The molecule has 3 aromatic carbocycles. The summed E-state index contributed by atoms with van der Waals surface area (Å²) in [5, 5.41) is 0. The third-order valence-electron chi connectivity index (χ3n) is 8.14. The molecular formula is C34H40N7O+. The number of rotatable bonds is 10. The number of nitrogens with one attached hydrogen (secondary N) is 1. The molecule has 3 heterocycles. The first-order valence-electron chi connectivity index (χ1n) is 14.8. The van der Waals surface area contributed by atoms with Crippen LogP contribution in [0.2, 0.25) is 0 Å². The van der Waals surface area contributed by atoms with Crippen LogP contribution in [-0.4, -0.2) is 83.8 Å². The molecule has 0 saturated carbocycles. The summed E-state index contributed by atoms with van der Waals surface area (Å²) in [6.07, 6.45) is 0.951. The lowest BCUT2D eigenvalue weighted by molar-refractivity contribution is -0.870. The Morgan fingerprint density at radius 1 is 0.810 bits per heavy atom. The van der Waals surface area contributed by atoms with Crippen LogP contribution in [0.3, 0.4) is 0 Å². The van der Waals surface area contributed by atoms with Crippen LogP contribution in [0.4, 0.5) is 0 Å². The smallest absolute Gasteiger partial charge is 0.345 e. The number of carbonyl (C=O) groups excluding carboxylic acids is 1. The molecule has 1 unspecified atom stereocenters. The van der Waals surface area contributed by atoms with Gasteiger partial charge in [0.25, 0.3) is 5.96 Å². The van der Waals surface area contributed by atoms with E-state index in [-0.39, 0.29) is 5.78 Å². The zero-order valence-corrected chi connectivity index (χ0v) is 24.6. The van der Waals surface area contributed by atoms with Gasteiger partial charge in [-0.25, -0.2) is 0 Å². The second-order valence-corrected chi connectivity index (χ2v) is 11.7. The Morgan fingerprint density at radius 3 is 2.00 bits per heavy atom. The van der Waals surface area contributed by atoms with Gasteiger partial charge in [-0.2, -0.15) is 15.0 Å². The second kappa shape index (κ2) is 12.4. The summed E-state index contributed by atoms with van der Waals surface area (Å²) >= 11 is 0. The van der Waals surface area contributed by atoms with Crippen molar-refractivity contribution < 1.29 is 9.39 Å². The molecule has 0 amide bonds. The lowest BCUT2D eigenvalue weighted by Crippen LogP contribution is -2.64. The summed E-state index contributed by atoms with van der Waals surface area (Å²) in [6.45, 7) is 6.09. The average Bonchev–Trinajstić information content (AvgIpc) is 3.37. The predicted octanol–water partition coefficient (Wildman–Crippen LogP) is 4.04. The minimum Gasteiger partial charge on any atom is -0.345 e. The maximum Gasteiger partial charge on any atom is 0.358 e. The zero-order chi connectivity index (χ0) is 28.9. The van der Waals surface area contributed by atoms with E-state index in [4.69, 9.17) is 9.98 Å². The van der Waals surface area contributed by atoms with Crippen molar-refractivity contribution in [1.29, 1.82) is 0 Å². The lowest BCUT2D eigenvalue weighted by atomic mass is 10.0. The molecule has 3 aliphatic heterocycles. The minimum absolute atomic E-state index is 0.0860. The van der Waals surface area contributed by atoms with Crippen molar-refractivity contribution in [1.82, 2.24) is 20.1 Å². The molecule has 0 fully saturated rings. The van der Waals surface area contributed by atoms with E-state index in [1.165, 1.54) is 16.7 Å². The van der Waals surface area contributed by atoms with Gasteiger partial charge in [0.2, 0.25) is 0 Å². The third kappa shape index (κ3) is 6.36. The normalized spacial score (nSPS) is 20.1. The van der Waals surface area contributed by atoms with Crippen molar-refractivity contribution in [3.05, 3.63) is 119 Å². The van der Waals surface area contributed by atoms with Crippen molar-refractivity contribution in [2.75, 3.05) is 46.8 Å². The van der Waals surface area contributed by atoms with E-state index >= 15 is 0 Å². The van der Waals surface area contributed by atoms with E-state index in [1.54, 1.807) is 0 Å². The van der Waals surface area contributed by atoms with Crippen molar-refractivity contribution in [2.24, 2.45) is 9.98 Å². The molecule has 8 nitrogen and oxygen atoms in total. The fourth-order valence-electron chi connectivity index (χ4n) is 6.11. The molecule has 0 aromatic heterocycles. The quantitative estimate of drug-likeness (QED) is 0.378. The fraction of sp³-hybridized carbons (Fsp3) is 0.324. The molecule has 0 bridgehead atoms. The molecule has 42 heavy (non-hydrogen) atoms. The second-order valence-electron chi connectivity index (χ2n) is 11.7. The topological polar surface area (TPSA) is 63.5 Å². The van der Waals surface area contributed by atoms with E-state index in [9.17, 15) is 4.79 Å². The van der Waals surface area contributed by atoms with Gasteiger partial charge in [0.05, 0.1) is 6.54 Å². The molecule has 0 radical (unpaired) electrons. The van der Waals surface area contributed by atoms with Gasteiger partial charge >= 0.3 is 5.96 Å². The van der Waals surface area contributed by atoms with Crippen LogP contribution in [0.1, 0.15) is 23.1 Å². The zero-order valence-electron chi connectivity index (χ0n) is 24.6. The predicted molar refractivity (Wildman–Crippen MR) is 167 cm³/mol. The van der Waals surface area contributed by atoms with Crippen molar-refractivity contribution >= 4 is 17.7 Å². The first-order chi connectivity index (χ1) is 20.5. The van der Waals surface area contributed by atoms with Crippen LogP contribution in [0.5, 0.6) is 0 Å². The SMILES string of the molecule is CN(C)C1=NC2=NC3=C(CN(Cc4ccccc4)CC3=O)C[N+]2(CCCN(Cc2ccccc2)Cc2ccccc2)N1. The first-order valence-corrected chi connectivity index (χ1v) is 14.8. The van der Waals surface area contributed by atoms with E-state index in [1.807, 2.05) is 25.1 Å². The molecule has 3 aromatic rings. The maximum atomic E-state index is 13.3. The third-order valence-corrected chi connectivity index (χ3v) is 8.14. The van der Waals surface area contributed by atoms with Gasteiger partial charge < -0.3 is 4.90 Å².